The highest BCUT2D eigenvalue weighted by Gasteiger charge is 2.48. The van der Waals surface area contributed by atoms with E-state index in [1.807, 2.05) is 0 Å². The van der Waals surface area contributed by atoms with Crippen molar-refractivity contribution in [1.82, 2.24) is 0 Å². The number of rotatable bonds is 8. The Morgan fingerprint density at radius 1 is 1.35 bits per heavy atom. The van der Waals surface area contributed by atoms with E-state index < -0.39 is 14.4 Å². The molecule has 0 radical (unpaired) electrons. The van der Waals surface area contributed by atoms with Crippen LogP contribution in [0, 0.1) is 11.8 Å². The van der Waals surface area contributed by atoms with E-state index in [1.165, 1.54) is 12.8 Å². The first-order chi connectivity index (χ1) is 12.0. The summed E-state index contributed by atoms with van der Waals surface area (Å²) in [5.41, 5.74) is 0. The number of aliphatic hydroxyl groups excluding tert-OH is 1. The van der Waals surface area contributed by atoms with E-state index in [4.69, 9.17) is 9.16 Å². The van der Waals surface area contributed by atoms with Gasteiger partial charge < -0.3 is 14.3 Å². The van der Waals surface area contributed by atoms with Crippen LogP contribution in [0.25, 0.3) is 0 Å². The normalized spacial score (nSPS) is 30.7. The summed E-state index contributed by atoms with van der Waals surface area (Å²) in [5, 5.41) is 10.6. The summed E-state index contributed by atoms with van der Waals surface area (Å²) in [5.74, 6) is 0.00312. The van der Waals surface area contributed by atoms with Crippen LogP contribution >= 0.6 is 0 Å². The number of carbonyl (C=O) groups is 1. The minimum absolute atomic E-state index is 0.00291. The van der Waals surface area contributed by atoms with Crippen LogP contribution in [0.3, 0.4) is 0 Å². The Balaban J connectivity index is 2.07. The van der Waals surface area contributed by atoms with E-state index in [0.717, 1.165) is 12.8 Å². The van der Waals surface area contributed by atoms with Crippen molar-refractivity contribution in [2.75, 3.05) is 0 Å². The van der Waals surface area contributed by atoms with Crippen LogP contribution in [0.15, 0.2) is 12.2 Å². The zero-order valence-corrected chi connectivity index (χ0v) is 18.5. The molecule has 0 bridgehead atoms. The van der Waals surface area contributed by atoms with Crippen molar-refractivity contribution in [3.63, 3.8) is 0 Å². The molecule has 1 heterocycles. The number of carbonyl (C=O) groups excluding carboxylic acids is 1. The minimum Gasteiger partial charge on any atom is -0.462 e. The van der Waals surface area contributed by atoms with Gasteiger partial charge >= 0.3 is 5.97 Å². The Labute approximate surface area is 160 Å². The van der Waals surface area contributed by atoms with Crippen LogP contribution in [0.4, 0.5) is 0 Å². The van der Waals surface area contributed by atoms with Crippen LogP contribution in [-0.2, 0) is 14.0 Å². The largest absolute Gasteiger partial charge is 0.462 e. The topological polar surface area (TPSA) is 55.8 Å². The molecule has 0 aromatic carbocycles. The number of aliphatic hydroxyl groups is 1. The fourth-order valence-electron chi connectivity index (χ4n) is 3.78. The predicted octanol–water partition coefficient (Wildman–Crippen LogP) is 4.83. The Hall–Kier alpha value is -0.653. The van der Waals surface area contributed by atoms with Crippen LogP contribution < -0.4 is 0 Å². The number of esters is 1. The second kappa shape index (κ2) is 8.57. The predicted molar refractivity (Wildman–Crippen MR) is 107 cm³/mol. The van der Waals surface area contributed by atoms with Crippen LogP contribution in [0.1, 0.15) is 66.2 Å². The third-order valence-corrected chi connectivity index (χ3v) is 11.0. The van der Waals surface area contributed by atoms with E-state index in [0.29, 0.717) is 12.8 Å². The summed E-state index contributed by atoms with van der Waals surface area (Å²) in [6, 6.07) is 0. The van der Waals surface area contributed by atoms with E-state index in [-0.39, 0.29) is 35.1 Å². The van der Waals surface area contributed by atoms with Crippen LogP contribution in [-0.4, -0.2) is 37.7 Å². The number of ether oxygens (including phenoxy) is 1. The van der Waals surface area contributed by atoms with Gasteiger partial charge in [0.2, 0.25) is 0 Å². The zero-order valence-electron chi connectivity index (χ0n) is 17.5. The molecule has 1 N–H and O–H groups in total. The number of hydrogen-bond donors (Lipinski definition) is 1. The highest BCUT2D eigenvalue weighted by atomic mass is 28.4. The molecule has 2 rings (SSSR count). The average Bonchev–Trinajstić information content (AvgIpc) is 2.98. The van der Waals surface area contributed by atoms with E-state index in [1.54, 1.807) is 0 Å². The molecule has 4 nitrogen and oxygen atoms in total. The van der Waals surface area contributed by atoms with Crippen molar-refractivity contribution < 1.29 is 19.1 Å². The van der Waals surface area contributed by atoms with Gasteiger partial charge in [-0.15, -0.1) is 0 Å². The first-order valence-electron chi connectivity index (χ1n) is 10.3. The van der Waals surface area contributed by atoms with Crippen molar-refractivity contribution in [3.05, 3.63) is 12.2 Å². The van der Waals surface area contributed by atoms with Gasteiger partial charge in [-0.05, 0) is 24.6 Å². The Kier molecular flexibility index (Phi) is 7.14. The molecule has 2 fully saturated rings. The van der Waals surface area contributed by atoms with Crippen molar-refractivity contribution in [2.45, 2.75) is 103 Å². The molecule has 150 valence electrons. The number of fused-ring (bicyclic) bond motifs is 1. The Morgan fingerprint density at radius 3 is 2.65 bits per heavy atom. The van der Waals surface area contributed by atoms with E-state index in [2.05, 4.69) is 52.9 Å². The first kappa shape index (κ1) is 21.6. The smallest absolute Gasteiger partial charge is 0.306 e. The molecule has 0 amide bonds. The molecule has 1 aliphatic carbocycles. The summed E-state index contributed by atoms with van der Waals surface area (Å²) in [4.78, 5) is 11.6. The molecule has 0 aromatic heterocycles. The molecule has 0 unspecified atom stereocenters. The number of hydrogen-bond acceptors (Lipinski definition) is 4. The molecule has 0 spiro atoms. The highest BCUT2D eigenvalue weighted by molar-refractivity contribution is 6.74. The van der Waals surface area contributed by atoms with Gasteiger partial charge in [0, 0.05) is 18.3 Å². The lowest BCUT2D eigenvalue weighted by Crippen LogP contribution is -2.43. The maximum atomic E-state index is 11.6. The monoisotopic (exact) mass is 382 g/mol. The molecular weight excluding hydrogens is 344 g/mol. The van der Waals surface area contributed by atoms with Crippen molar-refractivity contribution in [3.8, 4) is 0 Å². The second-order valence-electron chi connectivity index (χ2n) is 9.57. The number of unbranched alkanes of at least 4 members (excludes halogenated alkanes) is 2. The van der Waals surface area contributed by atoms with Gasteiger partial charge in [-0.2, -0.15) is 0 Å². The average molecular weight is 383 g/mol. The van der Waals surface area contributed by atoms with Gasteiger partial charge in [-0.3, -0.25) is 4.79 Å². The minimum atomic E-state index is -1.85. The maximum Gasteiger partial charge on any atom is 0.306 e. The summed E-state index contributed by atoms with van der Waals surface area (Å²) < 4.78 is 12.0. The second-order valence-corrected chi connectivity index (χ2v) is 14.3. The van der Waals surface area contributed by atoms with Gasteiger partial charge in [0.25, 0.3) is 0 Å². The molecule has 5 atom stereocenters. The highest BCUT2D eigenvalue weighted by Crippen LogP contribution is 2.42. The fourth-order valence-corrected chi connectivity index (χ4v) is 5.09. The fraction of sp³-hybridized carbons (Fsp3) is 0.857. The third kappa shape index (κ3) is 5.20. The molecular formula is C21H38O4Si. The summed E-state index contributed by atoms with van der Waals surface area (Å²) >= 11 is 0. The quantitative estimate of drug-likeness (QED) is 0.283. The van der Waals surface area contributed by atoms with Gasteiger partial charge in [0.1, 0.15) is 6.10 Å². The summed E-state index contributed by atoms with van der Waals surface area (Å²) in [7, 11) is -1.85. The summed E-state index contributed by atoms with van der Waals surface area (Å²) in [6.45, 7) is 13.6. The molecule has 2 aliphatic rings. The summed E-state index contributed by atoms with van der Waals surface area (Å²) in [6.07, 6.45) is 9.42. The van der Waals surface area contributed by atoms with Crippen LogP contribution in [0.5, 0.6) is 0 Å². The Morgan fingerprint density at radius 2 is 2.04 bits per heavy atom. The van der Waals surface area contributed by atoms with Gasteiger partial charge in [-0.1, -0.05) is 59.1 Å². The molecule has 5 heteroatoms. The molecule has 1 saturated heterocycles. The van der Waals surface area contributed by atoms with Crippen molar-refractivity contribution >= 4 is 14.3 Å². The standard InChI is InChI=1S/C21H38O4Si/c1-7-8-9-10-15(25-26(5,6)21(2,3)4)11-12-16-17-13-20(23)24-19(17)14-18(16)22/h11-12,15-19,22H,7-10,13-14H2,1-6H3/b12-11+/t15-,16+,17+,18+,19-/m0/s1. The van der Waals surface area contributed by atoms with Crippen molar-refractivity contribution in [2.24, 2.45) is 11.8 Å². The maximum absolute atomic E-state index is 11.6. The van der Waals surface area contributed by atoms with Gasteiger partial charge in [0.15, 0.2) is 8.32 Å². The lowest BCUT2D eigenvalue weighted by Gasteiger charge is -2.38. The molecule has 0 aromatic rings. The SMILES string of the molecule is CCCCC[C@@H](/C=C/[C@@H]1[C@H]2CC(=O)O[C@H]2C[C@H]1O)O[Si](C)(C)C(C)(C)C. The lowest BCUT2D eigenvalue weighted by atomic mass is 9.91. The van der Waals surface area contributed by atoms with Crippen molar-refractivity contribution in [1.29, 1.82) is 0 Å². The third-order valence-electron chi connectivity index (χ3n) is 6.47. The van der Waals surface area contributed by atoms with Crippen LogP contribution in [0.2, 0.25) is 18.1 Å². The Bertz CT molecular complexity index is 509. The van der Waals surface area contributed by atoms with E-state index >= 15 is 0 Å². The first-order valence-corrected chi connectivity index (χ1v) is 13.2. The van der Waals surface area contributed by atoms with Gasteiger partial charge in [0.05, 0.1) is 18.6 Å². The lowest BCUT2D eigenvalue weighted by molar-refractivity contribution is -0.141. The zero-order chi connectivity index (χ0) is 19.5. The molecule has 1 aliphatic heterocycles. The molecule has 1 saturated carbocycles. The van der Waals surface area contributed by atoms with Gasteiger partial charge in [-0.25, -0.2) is 0 Å². The molecule has 26 heavy (non-hydrogen) atoms. The van der Waals surface area contributed by atoms with E-state index in [9.17, 15) is 9.90 Å².